The Labute approximate surface area is 177 Å². The predicted molar refractivity (Wildman–Crippen MR) is 112 cm³/mol. The lowest BCUT2D eigenvalue weighted by Gasteiger charge is -2.25. The van der Waals surface area contributed by atoms with Gasteiger partial charge in [-0.2, -0.15) is 5.10 Å². The normalized spacial score (nSPS) is 15.6. The highest BCUT2D eigenvalue weighted by Gasteiger charge is 2.42. The first-order valence-electron chi connectivity index (χ1n) is 9.50. The number of aromatic nitrogens is 2. The van der Waals surface area contributed by atoms with E-state index in [0.29, 0.717) is 39.8 Å². The number of aromatic hydroxyl groups is 1. The largest absolute Gasteiger partial charge is 0.507 e. The van der Waals surface area contributed by atoms with Crippen LogP contribution in [-0.2, 0) is 6.54 Å². The first kappa shape index (κ1) is 18.5. The number of carbonyl (C=O) groups is 1. The van der Waals surface area contributed by atoms with E-state index in [9.17, 15) is 9.90 Å². The van der Waals surface area contributed by atoms with Crippen LogP contribution in [0.5, 0.6) is 5.75 Å². The number of hydrogen-bond donors (Lipinski definition) is 2. The maximum Gasteiger partial charge on any atom is 0.273 e. The number of furan rings is 1. The van der Waals surface area contributed by atoms with Crippen LogP contribution in [0.15, 0.2) is 65.3 Å². The van der Waals surface area contributed by atoms with Crippen molar-refractivity contribution in [1.29, 1.82) is 0 Å². The highest BCUT2D eigenvalue weighted by Crippen LogP contribution is 2.45. The smallest absolute Gasteiger partial charge is 0.273 e. The summed E-state index contributed by atoms with van der Waals surface area (Å²) in [4.78, 5) is 15.0. The minimum atomic E-state index is -0.382. The number of hydrogen-bond acceptors (Lipinski definition) is 4. The molecule has 0 aliphatic carbocycles. The molecule has 0 saturated carbocycles. The van der Waals surface area contributed by atoms with E-state index in [1.165, 1.54) is 0 Å². The first-order valence-corrected chi connectivity index (χ1v) is 9.88. The van der Waals surface area contributed by atoms with E-state index in [1.807, 2.05) is 43.3 Å². The molecule has 2 aromatic heterocycles. The molecule has 1 aliphatic rings. The molecule has 5 rings (SSSR count). The van der Waals surface area contributed by atoms with Gasteiger partial charge in [0.1, 0.15) is 22.9 Å². The lowest BCUT2D eigenvalue weighted by molar-refractivity contribution is 0.0717. The molecule has 3 heterocycles. The average Bonchev–Trinajstić information content (AvgIpc) is 3.46. The zero-order chi connectivity index (χ0) is 20.8. The zero-order valence-corrected chi connectivity index (χ0v) is 16.8. The second kappa shape index (κ2) is 7.07. The second-order valence-corrected chi connectivity index (χ2v) is 7.71. The predicted octanol–water partition coefficient (Wildman–Crippen LogP) is 5.08. The molecule has 30 heavy (non-hydrogen) atoms. The Kier molecular flexibility index (Phi) is 4.37. The fourth-order valence-corrected chi connectivity index (χ4v) is 4.14. The molecule has 1 amide bonds. The lowest BCUT2D eigenvalue weighted by atomic mass is 9.95. The summed E-state index contributed by atoms with van der Waals surface area (Å²) in [5, 5.41) is 18.4. The minimum absolute atomic E-state index is 0.0648. The minimum Gasteiger partial charge on any atom is -0.507 e. The first-order chi connectivity index (χ1) is 14.5. The Morgan fingerprint density at radius 1 is 1.20 bits per heavy atom. The molecular formula is C23H18ClN3O3. The zero-order valence-electron chi connectivity index (χ0n) is 16.1. The Balaban J connectivity index is 1.69. The van der Waals surface area contributed by atoms with Gasteiger partial charge in [-0.25, -0.2) is 0 Å². The molecule has 0 saturated heterocycles. The third kappa shape index (κ3) is 2.88. The van der Waals surface area contributed by atoms with Gasteiger partial charge in [0.05, 0.1) is 18.8 Å². The molecule has 6 nitrogen and oxygen atoms in total. The maximum atomic E-state index is 13.3. The van der Waals surface area contributed by atoms with Gasteiger partial charge in [-0.1, -0.05) is 41.9 Å². The highest BCUT2D eigenvalue weighted by atomic mass is 35.5. The number of fused-ring (bicyclic) bond motifs is 1. The quantitative estimate of drug-likeness (QED) is 0.483. The molecule has 0 spiro atoms. The molecule has 2 N–H and O–H groups in total. The van der Waals surface area contributed by atoms with Gasteiger partial charge >= 0.3 is 0 Å². The third-order valence-electron chi connectivity index (χ3n) is 5.42. The summed E-state index contributed by atoms with van der Waals surface area (Å²) in [7, 11) is 0. The number of benzene rings is 2. The molecule has 1 atom stereocenters. The van der Waals surface area contributed by atoms with Crippen molar-refractivity contribution in [2.75, 3.05) is 0 Å². The van der Waals surface area contributed by atoms with E-state index >= 15 is 0 Å². The van der Waals surface area contributed by atoms with Gasteiger partial charge < -0.3 is 14.4 Å². The molecule has 4 aromatic rings. The van der Waals surface area contributed by atoms with Gasteiger partial charge in [0.2, 0.25) is 0 Å². The number of rotatable bonds is 4. The number of aromatic amines is 1. The number of nitrogens with zero attached hydrogens (tertiary/aromatic N) is 2. The summed E-state index contributed by atoms with van der Waals surface area (Å²) in [6, 6.07) is 16.3. The van der Waals surface area contributed by atoms with E-state index in [1.54, 1.807) is 29.4 Å². The number of carbonyl (C=O) groups excluding carboxylic acids is 1. The van der Waals surface area contributed by atoms with Gasteiger partial charge in [0.15, 0.2) is 0 Å². The standard InChI is InChI=1S/C23H18ClN3O3/c1-13-10-18(28)16(11-17(13)24)20-19-21(26-25-20)23(29)27(12-15-8-5-9-30-15)22(19)14-6-3-2-4-7-14/h2-11,22,28H,12H2,1H3,(H,25,26). The number of H-pyrrole nitrogens is 1. The van der Waals surface area contributed by atoms with Crippen LogP contribution >= 0.6 is 11.6 Å². The van der Waals surface area contributed by atoms with E-state index in [2.05, 4.69) is 10.2 Å². The van der Waals surface area contributed by atoms with Gasteiger partial charge in [-0.15, -0.1) is 0 Å². The van der Waals surface area contributed by atoms with Crippen LogP contribution in [0.1, 0.15) is 39.0 Å². The van der Waals surface area contributed by atoms with Crippen LogP contribution in [0.4, 0.5) is 0 Å². The van der Waals surface area contributed by atoms with Crippen molar-refractivity contribution in [3.8, 4) is 17.0 Å². The van der Waals surface area contributed by atoms with E-state index in [-0.39, 0.29) is 17.7 Å². The van der Waals surface area contributed by atoms with Crippen molar-refractivity contribution >= 4 is 17.5 Å². The Morgan fingerprint density at radius 3 is 2.73 bits per heavy atom. The summed E-state index contributed by atoms with van der Waals surface area (Å²) < 4.78 is 5.49. The molecule has 0 fully saturated rings. The summed E-state index contributed by atoms with van der Waals surface area (Å²) in [6.07, 6.45) is 1.59. The molecule has 150 valence electrons. The maximum absolute atomic E-state index is 13.3. The summed E-state index contributed by atoms with van der Waals surface area (Å²) >= 11 is 6.32. The second-order valence-electron chi connectivity index (χ2n) is 7.31. The average molecular weight is 420 g/mol. The number of nitrogens with one attached hydrogen (secondary N) is 1. The van der Waals surface area contributed by atoms with Crippen molar-refractivity contribution in [3.05, 3.63) is 94.0 Å². The fraction of sp³-hybridized carbons (Fsp3) is 0.130. The molecular weight excluding hydrogens is 402 g/mol. The Hall–Kier alpha value is -3.51. The Bertz CT molecular complexity index is 1230. The number of aryl methyl sites for hydroxylation is 1. The van der Waals surface area contributed by atoms with E-state index in [4.69, 9.17) is 16.0 Å². The molecule has 1 unspecified atom stereocenters. The van der Waals surface area contributed by atoms with Gasteiger partial charge in [-0.3, -0.25) is 9.89 Å². The highest BCUT2D eigenvalue weighted by molar-refractivity contribution is 6.31. The summed E-state index contributed by atoms with van der Waals surface area (Å²) in [5.74, 6) is 0.576. The number of halogens is 1. The van der Waals surface area contributed by atoms with Gasteiger partial charge in [0.25, 0.3) is 5.91 Å². The van der Waals surface area contributed by atoms with Crippen LogP contribution in [0.25, 0.3) is 11.3 Å². The monoisotopic (exact) mass is 419 g/mol. The topological polar surface area (TPSA) is 82.4 Å². The third-order valence-corrected chi connectivity index (χ3v) is 5.82. The lowest BCUT2D eigenvalue weighted by Crippen LogP contribution is -2.28. The van der Waals surface area contributed by atoms with Crippen LogP contribution < -0.4 is 0 Å². The number of amides is 1. The van der Waals surface area contributed by atoms with Gasteiger partial charge in [-0.05, 0) is 42.3 Å². The fourth-order valence-electron chi connectivity index (χ4n) is 3.97. The van der Waals surface area contributed by atoms with Crippen molar-refractivity contribution < 1.29 is 14.3 Å². The van der Waals surface area contributed by atoms with E-state index in [0.717, 1.165) is 11.1 Å². The van der Waals surface area contributed by atoms with Crippen molar-refractivity contribution in [2.24, 2.45) is 0 Å². The molecule has 0 bridgehead atoms. The number of phenolic OH excluding ortho intramolecular Hbond substituents is 1. The van der Waals surface area contributed by atoms with Crippen molar-refractivity contribution in [2.45, 2.75) is 19.5 Å². The van der Waals surface area contributed by atoms with Gasteiger partial charge in [0, 0.05) is 16.1 Å². The Morgan fingerprint density at radius 2 is 2.00 bits per heavy atom. The summed E-state index contributed by atoms with van der Waals surface area (Å²) in [6.45, 7) is 2.14. The SMILES string of the molecule is Cc1cc(O)c(-c2n[nH]c3c2C(c2ccccc2)N(Cc2ccco2)C3=O)cc1Cl. The van der Waals surface area contributed by atoms with Crippen LogP contribution in [0, 0.1) is 6.92 Å². The molecule has 0 radical (unpaired) electrons. The van der Waals surface area contributed by atoms with Crippen molar-refractivity contribution in [3.63, 3.8) is 0 Å². The van der Waals surface area contributed by atoms with E-state index < -0.39 is 0 Å². The van der Waals surface area contributed by atoms with Crippen LogP contribution in [0.3, 0.4) is 0 Å². The molecule has 2 aromatic carbocycles. The van der Waals surface area contributed by atoms with Crippen LogP contribution in [0.2, 0.25) is 5.02 Å². The number of phenols is 1. The molecule has 1 aliphatic heterocycles. The summed E-state index contributed by atoms with van der Waals surface area (Å²) in [5.41, 5.74) is 3.82. The van der Waals surface area contributed by atoms with Crippen molar-refractivity contribution in [1.82, 2.24) is 15.1 Å². The molecule has 7 heteroatoms. The van der Waals surface area contributed by atoms with Crippen LogP contribution in [-0.4, -0.2) is 26.1 Å².